The Kier molecular flexibility index (Phi) is 6.38. The Bertz CT molecular complexity index is 1240. The van der Waals surface area contributed by atoms with E-state index in [2.05, 4.69) is 0 Å². The van der Waals surface area contributed by atoms with E-state index in [1.165, 1.54) is 35.8 Å². The van der Waals surface area contributed by atoms with Gasteiger partial charge < -0.3 is 9.30 Å². The van der Waals surface area contributed by atoms with Gasteiger partial charge in [-0.05, 0) is 43.2 Å². The summed E-state index contributed by atoms with van der Waals surface area (Å²) < 4.78 is 48.4. The zero-order chi connectivity index (χ0) is 22.0. The van der Waals surface area contributed by atoms with Crippen molar-refractivity contribution in [2.24, 2.45) is 4.99 Å². The number of hydrogen-bond acceptors (Lipinski definition) is 5. The van der Waals surface area contributed by atoms with Crippen LogP contribution in [0.3, 0.4) is 0 Å². The van der Waals surface area contributed by atoms with Crippen molar-refractivity contribution in [3.8, 4) is 11.3 Å². The molecule has 9 heteroatoms. The SMILES string of the molecule is CN(C)S(=O)(=O)c1cccc(N=c2scc(-c3ccccc3F)n2C[C@H]2CCCO2)c1. The zero-order valence-electron chi connectivity index (χ0n) is 17.4. The van der Waals surface area contributed by atoms with Crippen LogP contribution in [0, 0.1) is 5.82 Å². The van der Waals surface area contributed by atoms with Crippen molar-refractivity contribution < 1.29 is 17.5 Å². The molecule has 2 heterocycles. The number of halogens is 1. The summed E-state index contributed by atoms with van der Waals surface area (Å²) in [7, 11) is -0.574. The second-order valence-corrected chi connectivity index (χ2v) is 10.5. The third-order valence-corrected chi connectivity index (χ3v) is 7.85. The summed E-state index contributed by atoms with van der Waals surface area (Å²) in [6.45, 7) is 1.28. The number of hydrogen-bond donors (Lipinski definition) is 0. The molecule has 2 aromatic carbocycles. The van der Waals surface area contributed by atoms with Crippen LogP contribution in [0.25, 0.3) is 11.3 Å². The molecule has 31 heavy (non-hydrogen) atoms. The van der Waals surface area contributed by atoms with Gasteiger partial charge in [0.25, 0.3) is 0 Å². The maximum atomic E-state index is 14.5. The smallest absolute Gasteiger partial charge is 0.242 e. The molecule has 6 nitrogen and oxygen atoms in total. The lowest BCUT2D eigenvalue weighted by Gasteiger charge is -2.14. The number of ether oxygens (including phenoxy) is 1. The molecule has 0 radical (unpaired) electrons. The van der Waals surface area contributed by atoms with Crippen LogP contribution in [0.15, 0.2) is 63.8 Å². The Morgan fingerprint density at radius 2 is 2.03 bits per heavy atom. The summed E-state index contributed by atoms with van der Waals surface area (Å²) in [5.74, 6) is -0.299. The molecule has 0 unspecified atom stereocenters. The average Bonchev–Trinajstić information content (AvgIpc) is 3.40. The Hall–Kier alpha value is -2.33. The highest BCUT2D eigenvalue weighted by Crippen LogP contribution is 2.26. The average molecular weight is 462 g/mol. The Morgan fingerprint density at radius 3 is 2.74 bits per heavy atom. The fourth-order valence-electron chi connectivity index (χ4n) is 3.51. The van der Waals surface area contributed by atoms with Crippen molar-refractivity contribution >= 4 is 27.0 Å². The van der Waals surface area contributed by atoms with Gasteiger partial charge in [0.2, 0.25) is 10.0 Å². The molecule has 4 rings (SSSR count). The Morgan fingerprint density at radius 1 is 1.23 bits per heavy atom. The van der Waals surface area contributed by atoms with Gasteiger partial charge >= 0.3 is 0 Å². The molecule has 1 aliphatic heterocycles. The van der Waals surface area contributed by atoms with E-state index in [1.54, 1.807) is 42.5 Å². The molecule has 1 aliphatic rings. The largest absolute Gasteiger partial charge is 0.376 e. The van der Waals surface area contributed by atoms with E-state index in [-0.39, 0.29) is 16.8 Å². The van der Waals surface area contributed by atoms with E-state index in [9.17, 15) is 12.8 Å². The molecule has 0 aliphatic carbocycles. The quantitative estimate of drug-likeness (QED) is 0.557. The van der Waals surface area contributed by atoms with Crippen molar-refractivity contribution in [1.29, 1.82) is 0 Å². The summed E-state index contributed by atoms with van der Waals surface area (Å²) in [5.41, 5.74) is 1.75. The maximum absolute atomic E-state index is 14.5. The molecule has 1 atom stereocenters. The van der Waals surface area contributed by atoms with Crippen LogP contribution in [0.5, 0.6) is 0 Å². The van der Waals surface area contributed by atoms with E-state index in [1.807, 2.05) is 9.95 Å². The van der Waals surface area contributed by atoms with Crippen LogP contribution in [0.1, 0.15) is 12.8 Å². The standard InChI is InChI=1S/C22H24FN3O3S2/c1-25(2)31(27,28)18-9-5-7-16(13-18)24-22-26(14-17-8-6-12-29-17)21(15-30-22)19-10-3-4-11-20(19)23/h3-5,7,9-11,13,15,17H,6,8,12,14H2,1-2H3/t17-/m1/s1. The van der Waals surface area contributed by atoms with Gasteiger partial charge in [-0.3, -0.25) is 0 Å². The molecule has 0 N–H and O–H groups in total. The molecule has 164 valence electrons. The molecule has 0 spiro atoms. The van der Waals surface area contributed by atoms with Gasteiger partial charge in [-0.25, -0.2) is 22.1 Å². The molecule has 1 fully saturated rings. The lowest BCUT2D eigenvalue weighted by Crippen LogP contribution is -2.24. The van der Waals surface area contributed by atoms with Gasteiger partial charge in [0.1, 0.15) is 5.82 Å². The van der Waals surface area contributed by atoms with E-state index in [0.717, 1.165) is 25.1 Å². The molecular formula is C22H24FN3O3S2. The van der Waals surface area contributed by atoms with Crippen LogP contribution < -0.4 is 4.80 Å². The van der Waals surface area contributed by atoms with Crippen molar-refractivity contribution in [3.05, 3.63) is 64.5 Å². The number of sulfonamides is 1. The van der Waals surface area contributed by atoms with Crippen molar-refractivity contribution in [3.63, 3.8) is 0 Å². The topological polar surface area (TPSA) is 63.9 Å². The predicted octanol–water partition coefficient (Wildman–Crippen LogP) is 4.02. The highest BCUT2D eigenvalue weighted by atomic mass is 32.2. The summed E-state index contributed by atoms with van der Waals surface area (Å²) in [4.78, 5) is 5.55. The number of nitrogens with zero attached hydrogens (tertiary/aromatic N) is 3. The third-order valence-electron chi connectivity index (χ3n) is 5.18. The number of aromatic nitrogens is 1. The van der Waals surface area contributed by atoms with Gasteiger partial charge in [0.05, 0.1) is 28.9 Å². The zero-order valence-corrected chi connectivity index (χ0v) is 19.0. The summed E-state index contributed by atoms with van der Waals surface area (Å²) in [6, 6.07) is 13.2. The lowest BCUT2D eigenvalue weighted by molar-refractivity contribution is 0.0967. The number of thiazole rings is 1. The fraction of sp³-hybridized carbons (Fsp3) is 0.318. The molecular weight excluding hydrogens is 437 g/mol. The number of rotatable bonds is 6. The fourth-order valence-corrected chi connectivity index (χ4v) is 5.38. The van der Waals surface area contributed by atoms with Gasteiger partial charge in [-0.15, -0.1) is 11.3 Å². The minimum Gasteiger partial charge on any atom is -0.376 e. The van der Waals surface area contributed by atoms with Gasteiger partial charge in [-0.1, -0.05) is 18.2 Å². The van der Waals surface area contributed by atoms with Crippen molar-refractivity contribution in [2.45, 2.75) is 30.4 Å². The van der Waals surface area contributed by atoms with Crippen LogP contribution in [0.2, 0.25) is 0 Å². The summed E-state index contributed by atoms with van der Waals surface area (Å²) in [6.07, 6.45) is 1.98. The van der Waals surface area contributed by atoms with Crippen LogP contribution in [-0.2, 0) is 21.3 Å². The first-order valence-corrected chi connectivity index (χ1v) is 12.3. The minimum absolute atomic E-state index is 0.0412. The summed E-state index contributed by atoms with van der Waals surface area (Å²) >= 11 is 1.39. The van der Waals surface area contributed by atoms with Crippen LogP contribution >= 0.6 is 11.3 Å². The molecule has 1 aromatic heterocycles. The predicted molar refractivity (Wildman–Crippen MR) is 119 cm³/mol. The van der Waals surface area contributed by atoms with E-state index in [0.29, 0.717) is 22.6 Å². The normalized spacial score (nSPS) is 17.5. The monoisotopic (exact) mass is 461 g/mol. The van der Waals surface area contributed by atoms with Gasteiger partial charge in [0.15, 0.2) is 4.80 Å². The number of benzene rings is 2. The first-order valence-electron chi connectivity index (χ1n) is 9.98. The highest BCUT2D eigenvalue weighted by Gasteiger charge is 2.21. The van der Waals surface area contributed by atoms with Crippen molar-refractivity contribution in [1.82, 2.24) is 8.87 Å². The lowest BCUT2D eigenvalue weighted by atomic mass is 10.1. The summed E-state index contributed by atoms with van der Waals surface area (Å²) in [5, 5.41) is 1.88. The second-order valence-electron chi connectivity index (χ2n) is 7.53. The maximum Gasteiger partial charge on any atom is 0.242 e. The van der Waals surface area contributed by atoms with Gasteiger partial charge in [0, 0.05) is 31.6 Å². The van der Waals surface area contributed by atoms with Crippen LogP contribution in [-0.4, -0.2) is 44.1 Å². The highest BCUT2D eigenvalue weighted by molar-refractivity contribution is 7.89. The first-order chi connectivity index (χ1) is 14.9. The van der Waals surface area contributed by atoms with E-state index in [4.69, 9.17) is 9.73 Å². The molecule has 0 amide bonds. The Labute approximate surface area is 185 Å². The van der Waals surface area contributed by atoms with E-state index < -0.39 is 10.0 Å². The molecule has 0 bridgehead atoms. The second kappa shape index (κ2) is 9.04. The minimum atomic E-state index is -3.56. The Balaban J connectivity index is 1.81. The molecule has 3 aromatic rings. The molecule has 0 saturated carbocycles. The van der Waals surface area contributed by atoms with Crippen LogP contribution in [0.4, 0.5) is 10.1 Å². The van der Waals surface area contributed by atoms with Gasteiger partial charge in [-0.2, -0.15) is 0 Å². The van der Waals surface area contributed by atoms with Crippen molar-refractivity contribution in [2.75, 3.05) is 20.7 Å². The first kappa shape index (κ1) is 21.9. The third kappa shape index (κ3) is 4.64. The van der Waals surface area contributed by atoms with E-state index >= 15 is 0 Å². The molecule has 1 saturated heterocycles.